The molecule has 1 heterocycles. The molecular weight excluding hydrogens is 379 g/mol. The van der Waals surface area contributed by atoms with Gasteiger partial charge in [0.05, 0.1) is 12.2 Å². The smallest absolute Gasteiger partial charge is 0.406 e. The van der Waals surface area contributed by atoms with Gasteiger partial charge in [-0.3, -0.25) is 4.99 Å². The molecule has 2 aromatic rings. The van der Waals surface area contributed by atoms with E-state index in [-0.39, 0.29) is 11.0 Å². The second-order valence-corrected chi connectivity index (χ2v) is 7.13. The lowest BCUT2D eigenvalue weighted by Gasteiger charge is -2.23. The maximum Gasteiger partial charge on any atom is 0.573 e. The van der Waals surface area contributed by atoms with Gasteiger partial charge in [-0.25, -0.2) is 9.69 Å². The van der Waals surface area contributed by atoms with Crippen LogP contribution in [0.2, 0.25) is 0 Å². The average molecular weight is 395 g/mol. The van der Waals surface area contributed by atoms with Crippen LogP contribution in [0.25, 0.3) is 0 Å². The van der Waals surface area contributed by atoms with Gasteiger partial charge in [0.1, 0.15) is 5.75 Å². The number of hydrogen-bond acceptors (Lipinski definition) is 4. The number of rotatable bonds is 3. The van der Waals surface area contributed by atoms with Gasteiger partial charge < -0.3 is 10.1 Å². The van der Waals surface area contributed by atoms with Crippen LogP contribution in [-0.2, 0) is 0 Å². The highest BCUT2D eigenvalue weighted by Gasteiger charge is 2.32. The lowest BCUT2D eigenvalue weighted by molar-refractivity contribution is -0.274. The van der Waals surface area contributed by atoms with Crippen LogP contribution in [0.3, 0.4) is 0 Å². The van der Waals surface area contributed by atoms with E-state index in [9.17, 15) is 18.0 Å². The van der Waals surface area contributed by atoms with Crippen LogP contribution in [0.5, 0.6) is 5.75 Å². The predicted molar refractivity (Wildman–Crippen MR) is 100 cm³/mol. The molecule has 0 aromatic heterocycles. The van der Waals surface area contributed by atoms with Gasteiger partial charge in [0.25, 0.3) is 0 Å². The molecule has 1 N–H and O–H groups in total. The van der Waals surface area contributed by atoms with Crippen molar-refractivity contribution in [1.29, 1.82) is 0 Å². The van der Waals surface area contributed by atoms with Gasteiger partial charge in [0.2, 0.25) is 0 Å². The Balaban J connectivity index is 1.85. The molecule has 1 atom stereocenters. The molecule has 2 amide bonds. The number of anilines is 2. The number of halogens is 3. The highest BCUT2D eigenvalue weighted by Crippen LogP contribution is 2.30. The van der Waals surface area contributed by atoms with E-state index >= 15 is 0 Å². The van der Waals surface area contributed by atoms with Crippen molar-refractivity contribution in [1.82, 2.24) is 0 Å². The van der Waals surface area contributed by atoms with Crippen LogP contribution in [0.4, 0.5) is 29.3 Å². The second kappa shape index (κ2) is 7.91. The van der Waals surface area contributed by atoms with Crippen molar-refractivity contribution in [2.24, 2.45) is 4.99 Å². The summed E-state index contributed by atoms with van der Waals surface area (Å²) in [5.41, 5.74) is 0.986. The second-order valence-electron chi connectivity index (χ2n) is 5.73. The fourth-order valence-corrected chi connectivity index (χ4v) is 3.35. The van der Waals surface area contributed by atoms with E-state index < -0.39 is 12.4 Å². The standard InChI is InChI=1S/C18H16F3N3O2S/c1-12-11-22-17(27-12)24(16(25)23-13-5-3-2-4-6-13)14-7-9-15(10-8-14)26-18(19,20)21/h2-10,12H,11H2,1H3,(H,23,25). The number of urea groups is 1. The molecule has 0 aliphatic carbocycles. The number of carbonyl (C=O) groups excluding carboxylic acids is 1. The Morgan fingerprint density at radius 2 is 1.85 bits per heavy atom. The van der Waals surface area contributed by atoms with Crippen LogP contribution in [0.15, 0.2) is 59.6 Å². The first kappa shape index (κ1) is 19.1. The first-order valence-corrected chi connectivity index (χ1v) is 8.93. The number of nitrogens with zero attached hydrogens (tertiary/aromatic N) is 2. The van der Waals surface area contributed by atoms with Crippen molar-refractivity contribution in [2.75, 3.05) is 16.8 Å². The molecule has 2 aromatic carbocycles. The third kappa shape index (κ3) is 5.16. The zero-order valence-corrected chi connectivity index (χ0v) is 15.1. The Morgan fingerprint density at radius 1 is 1.19 bits per heavy atom. The maximum atomic E-state index is 12.8. The zero-order chi connectivity index (χ0) is 19.4. The quantitative estimate of drug-likeness (QED) is 0.785. The average Bonchev–Trinajstić information content (AvgIpc) is 3.02. The van der Waals surface area contributed by atoms with Crippen molar-refractivity contribution in [3.63, 3.8) is 0 Å². The molecule has 0 fully saturated rings. The molecule has 1 aliphatic rings. The summed E-state index contributed by atoms with van der Waals surface area (Å²) >= 11 is 1.43. The molecule has 0 saturated carbocycles. The largest absolute Gasteiger partial charge is 0.573 e. The number of alkyl halides is 3. The topological polar surface area (TPSA) is 53.9 Å². The van der Waals surface area contributed by atoms with E-state index in [0.717, 1.165) is 12.1 Å². The first-order valence-electron chi connectivity index (χ1n) is 8.05. The fraction of sp³-hybridized carbons (Fsp3) is 0.222. The summed E-state index contributed by atoms with van der Waals surface area (Å²) in [6, 6.07) is 13.5. The number of ether oxygens (including phenoxy) is 1. The predicted octanol–water partition coefficient (Wildman–Crippen LogP) is 5.12. The Labute approximate surface area is 158 Å². The van der Waals surface area contributed by atoms with Gasteiger partial charge in [-0.15, -0.1) is 13.2 Å². The molecular formula is C18H16F3N3O2S. The van der Waals surface area contributed by atoms with Gasteiger partial charge in [-0.1, -0.05) is 36.9 Å². The molecule has 0 radical (unpaired) electrons. The molecule has 9 heteroatoms. The monoisotopic (exact) mass is 395 g/mol. The third-order valence-electron chi connectivity index (χ3n) is 3.54. The SMILES string of the molecule is CC1CN=C(N(C(=O)Nc2ccccc2)c2ccc(OC(F)(F)F)cc2)S1. The van der Waals surface area contributed by atoms with Gasteiger partial charge in [-0.2, -0.15) is 0 Å². The lowest BCUT2D eigenvalue weighted by Crippen LogP contribution is -2.38. The first-order chi connectivity index (χ1) is 12.8. The number of amides is 2. The van der Waals surface area contributed by atoms with Crippen LogP contribution in [-0.4, -0.2) is 29.4 Å². The zero-order valence-electron chi connectivity index (χ0n) is 14.2. The Bertz CT molecular complexity index is 826. The summed E-state index contributed by atoms with van der Waals surface area (Å²) in [4.78, 5) is 18.5. The molecule has 3 rings (SSSR count). The summed E-state index contributed by atoms with van der Waals surface area (Å²) in [5, 5.41) is 3.46. The van der Waals surface area contributed by atoms with Crippen LogP contribution in [0, 0.1) is 0 Å². The number of hydrogen-bond donors (Lipinski definition) is 1. The number of thioether (sulfide) groups is 1. The van der Waals surface area contributed by atoms with Crippen molar-refractivity contribution in [3.05, 3.63) is 54.6 Å². The lowest BCUT2D eigenvalue weighted by atomic mass is 10.3. The Hall–Kier alpha value is -2.68. The number of amidine groups is 1. The van der Waals surface area contributed by atoms with Crippen molar-refractivity contribution in [2.45, 2.75) is 18.5 Å². The fourth-order valence-electron chi connectivity index (χ4n) is 2.40. The Morgan fingerprint density at radius 3 is 2.41 bits per heavy atom. The summed E-state index contributed by atoms with van der Waals surface area (Å²) in [6.45, 7) is 2.54. The number of aliphatic imine (C=N–C) groups is 1. The van der Waals surface area contributed by atoms with Crippen molar-refractivity contribution < 1.29 is 22.7 Å². The number of nitrogens with one attached hydrogen (secondary N) is 1. The van der Waals surface area contributed by atoms with E-state index in [0.29, 0.717) is 23.1 Å². The molecule has 142 valence electrons. The normalized spacial score (nSPS) is 16.6. The maximum absolute atomic E-state index is 12.8. The van der Waals surface area contributed by atoms with Crippen LogP contribution in [0.1, 0.15) is 6.92 Å². The summed E-state index contributed by atoms with van der Waals surface area (Å²) in [5.74, 6) is -0.357. The van der Waals surface area contributed by atoms with Gasteiger partial charge in [0, 0.05) is 10.9 Å². The molecule has 1 aliphatic heterocycles. The minimum atomic E-state index is -4.77. The minimum Gasteiger partial charge on any atom is -0.406 e. The molecule has 0 saturated heterocycles. The summed E-state index contributed by atoms with van der Waals surface area (Å²) in [6.07, 6.45) is -4.77. The highest BCUT2D eigenvalue weighted by molar-refractivity contribution is 8.15. The molecule has 1 unspecified atom stereocenters. The summed E-state index contributed by atoms with van der Waals surface area (Å²) in [7, 11) is 0. The number of benzene rings is 2. The van der Waals surface area contributed by atoms with Crippen molar-refractivity contribution in [3.8, 4) is 5.75 Å². The summed E-state index contributed by atoms with van der Waals surface area (Å²) < 4.78 is 40.9. The molecule has 0 spiro atoms. The number of carbonyl (C=O) groups is 1. The van der Waals surface area contributed by atoms with E-state index in [1.807, 2.05) is 13.0 Å². The van der Waals surface area contributed by atoms with E-state index in [1.165, 1.54) is 28.8 Å². The Kier molecular flexibility index (Phi) is 5.59. The van der Waals surface area contributed by atoms with Crippen LogP contribution < -0.4 is 15.0 Å². The van der Waals surface area contributed by atoms with Crippen LogP contribution >= 0.6 is 11.8 Å². The van der Waals surface area contributed by atoms with E-state index in [2.05, 4.69) is 15.0 Å². The van der Waals surface area contributed by atoms with E-state index in [4.69, 9.17) is 0 Å². The third-order valence-corrected chi connectivity index (χ3v) is 4.61. The van der Waals surface area contributed by atoms with Gasteiger partial charge >= 0.3 is 12.4 Å². The van der Waals surface area contributed by atoms with Gasteiger partial charge in [-0.05, 0) is 36.4 Å². The molecule has 27 heavy (non-hydrogen) atoms. The number of para-hydroxylation sites is 1. The van der Waals surface area contributed by atoms with E-state index in [1.54, 1.807) is 24.3 Å². The minimum absolute atomic E-state index is 0.208. The van der Waals surface area contributed by atoms with Crippen molar-refractivity contribution >= 4 is 34.3 Å². The highest BCUT2D eigenvalue weighted by atomic mass is 32.2. The van der Waals surface area contributed by atoms with Gasteiger partial charge in [0.15, 0.2) is 5.17 Å². The molecule has 5 nitrogen and oxygen atoms in total. The molecule has 0 bridgehead atoms.